The molecule has 2 N–H and O–H groups in total. The maximum Gasteiger partial charge on any atom is 0.127 e. The van der Waals surface area contributed by atoms with Crippen LogP contribution in [0.1, 0.15) is 69.9 Å². The molecule has 32 heavy (non-hydrogen) atoms. The lowest BCUT2D eigenvalue weighted by atomic mass is 9.73. The number of allylic oxidation sites excluding steroid dienone is 3. The van der Waals surface area contributed by atoms with Crippen LogP contribution in [0.25, 0.3) is 0 Å². The molecule has 5 nitrogen and oxygen atoms in total. The van der Waals surface area contributed by atoms with Gasteiger partial charge in [-0.1, -0.05) is 43.6 Å². The first-order chi connectivity index (χ1) is 15.5. The van der Waals surface area contributed by atoms with Crippen molar-refractivity contribution in [2.45, 2.75) is 65.2 Å². The molecule has 0 heterocycles. The number of hydrogen-bond acceptors (Lipinski definition) is 5. The Bertz CT molecular complexity index is 740. The first kappa shape index (κ1) is 26.4. The van der Waals surface area contributed by atoms with E-state index in [1.54, 1.807) is 0 Å². The Labute approximate surface area is 194 Å². The predicted molar refractivity (Wildman–Crippen MR) is 130 cm³/mol. The molecular formula is C27H42O5. The van der Waals surface area contributed by atoms with Crippen molar-refractivity contribution >= 4 is 0 Å². The lowest BCUT2D eigenvalue weighted by Gasteiger charge is -2.32. The number of unbranched alkanes of at least 4 members (excludes halogenated alkanes) is 2. The molecule has 1 aromatic carbocycles. The number of aliphatic hydroxyl groups excluding tert-OH is 1. The van der Waals surface area contributed by atoms with Crippen LogP contribution < -0.4 is 4.74 Å². The Morgan fingerprint density at radius 2 is 1.81 bits per heavy atom. The summed E-state index contributed by atoms with van der Waals surface area (Å²) in [5.41, 5.74) is 4.46. The van der Waals surface area contributed by atoms with Gasteiger partial charge in [-0.3, -0.25) is 0 Å². The maximum atomic E-state index is 11.1. The molecule has 0 spiro atoms. The number of aliphatic hydroxyl groups is 1. The largest absolute Gasteiger partial charge is 0.507 e. The molecule has 5 heteroatoms. The zero-order chi connectivity index (χ0) is 23.3. The van der Waals surface area contributed by atoms with E-state index in [0.29, 0.717) is 38.8 Å². The van der Waals surface area contributed by atoms with Crippen LogP contribution in [0.3, 0.4) is 0 Å². The van der Waals surface area contributed by atoms with E-state index < -0.39 is 0 Å². The Balaban J connectivity index is 2.17. The van der Waals surface area contributed by atoms with E-state index in [9.17, 15) is 5.11 Å². The van der Waals surface area contributed by atoms with Gasteiger partial charge in [-0.25, -0.2) is 0 Å². The van der Waals surface area contributed by atoms with Gasteiger partial charge in [0, 0.05) is 11.5 Å². The fourth-order valence-corrected chi connectivity index (χ4v) is 4.35. The van der Waals surface area contributed by atoms with Gasteiger partial charge in [-0.05, 0) is 63.1 Å². The third-order valence-corrected chi connectivity index (χ3v) is 6.06. The predicted octanol–water partition coefficient (Wildman–Crippen LogP) is 5.55. The van der Waals surface area contributed by atoms with Crippen molar-refractivity contribution < 1.29 is 24.4 Å². The van der Waals surface area contributed by atoms with Crippen molar-refractivity contribution in [1.82, 2.24) is 0 Å². The summed E-state index contributed by atoms with van der Waals surface area (Å²) in [4.78, 5) is 0. The average molecular weight is 447 g/mol. The van der Waals surface area contributed by atoms with Crippen molar-refractivity contribution in [1.29, 1.82) is 0 Å². The highest BCUT2D eigenvalue weighted by Gasteiger charge is 2.30. The van der Waals surface area contributed by atoms with Gasteiger partial charge in [0.25, 0.3) is 0 Å². The third kappa shape index (κ3) is 8.27. The van der Waals surface area contributed by atoms with E-state index in [1.165, 1.54) is 18.4 Å². The number of benzene rings is 1. The summed E-state index contributed by atoms with van der Waals surface area (Å²) < 4.78 is 17.0. The van der Waals surface area contributed by atoms with Crippen LogP contribution in [-0.2, 0) is 15.9 Å². The second-order valence-corrected chi connectivity index (χ2v) is 8.81. The Morgan fingerprint density at radius 3 is 2.50 bits per heavy atom. The molecule has 0 fully saturated rings. The number of phenolic OH excluding ortho intramolecular Hbond substituents is 1. The van der Waals surface area contributed by atoms with Crippen molar-refractivity contribution in [2.24, 2.45) is 5.92 Å². The Morgan fingerprint density at radius 1 is 1.09 bits per heavy atom. The van der Waals surface area contributed by atoms with Crippen LogP contribution in [0.15, 0.2) is 35.9 Å². The van der Waals surface area contributed by atoms with Crippen molar-refractivity contribution in [3.05, 3.63) is 47.1 Å². The summed E-state index contributed by atoms with van der Waals surface area (Å²) >= 11 is 0. The fraction of sp³-hybridized carbons (Fsp3) is 0.630. The van der Waals surface area contributed by atoms with E-state index in [-0.39, 0.29) is 18.4 Å². The first-order valence-electron chi connectivity index (χ1n) is 12.1. The highest BCUT2D eigenvalue weighted by molar-refractivity contribution is 5.52. The molecule has 0 aromatic heterocycles. The monoisotopic (exact) mass is 446 g/mol. The molecule has 1 aliphatic carbocycles. The van der Waals surface area contributed by atoms with Gasteiger partial charge in [-0.15, -0.1) is 0 Å². The molecule has 0 radical (unpaired) electrons. The van der Waals surface area contributed by atoms with E-state index in [0.717, 1.165) is 48.1 Å². The van der Waals surface area contributed by atoms with E-state index in [1.807, 2.05) is 6.07 Å². The molecule has 2 atom stereocenters. The van der Waals surface area contributed by atoms with E-state index >= 15 is 0 Å². The van der Waals surface area contributed by atoms with E-state index in [4.69, 9.17) is 19.3 Å². The van der Waals surface area contributed by atoms with Gasteiger partial charge in [0.2, 0.25) is 0 Å². The molecule has 2 rings (SSSR count). The molecule has 0 amide bonds. The SMILES string of the molecule is C=C(C)[C@@H]1CCC(C)=C[C@H]1c1c(O)cc(CCCCC)cc1OCCOCCOCCO. The van der Waals surface area contributed by atoms with Crippen LogP contribution in [0.2, 0.25) is 0 Å². The molecule has 0 unspecified atom stereocenters. The van der Waals surface area contributed by atoms with Crippen LogP contribution in [0.4, 0.5) is 0 Å². The normalized spacial score (nSPS) is 18.4. The quantitative estimate of drug-likeness (QED) is 0.273. The summed E-state index contributed by atoms with van der Waals surface area (Å²) in [5.74, 6) is 1.42. The van der Waals surface area contributed by atoms with Gasteiger partial charge in [-0.2, -0.15) is 0 Å². The minimum atomic E-state index is 0.0181. The van der Waals surface area contributed by atoms with E-state index in [2.05, 4.69) is 39.5 Å². The second-order valence-electron chi connectivity index (χ2n) is 8.81. The molecular weight excluding hydrogens is 404 g/mol. The van der Waals surface area contributed by atoms with Crippen LogP contribution >= 0.6 is 0 Å². The van der Waals surface area contributed by atoms with Gasteiger partial charge in [0.05, 0.1) is 33.0 Å². The second kappa shape index (κ2) is 14.4. The van der Waals surface area contributed by atoms with Crippen molar-refractivity contribution in [2.75, 3.05) is 39.6 Å². The number of hydrogen-bond donors (Lipinski definition) is 2. The number of ether oxygens (including phenoxy) is 3. The lowest BCUT2D eigenvalue weighted by Crippen LogP contribution is -2.19. The molecule has 0 bridgehead atoms. The van der Waals surface area contributed by atoms with Crippen LogP contribution in [-0.4, -0.2) is 49.9 Å². The third-order valence-electron chi connectivity index (χ3n) is 6.06. The van der Waals surface area contributed by atoms with Gasteiger partial charge in [0.15, 0.2) is 0 Å². The minimum Gasteiger partial charge on any atom is -0.507 e. The molecule has 1 aromatic rings. The molecule has 0 saturated carbocycles. The zero-order valence-corrected chi connectivity index (χ0v) is 20.2. The molecule has 180 valence electrons. The Hall–Kier alpha value is -1.82. The van der Waals surface area contributed by atoms with Gasteiger partial charge in [0.1, 0.15) is 18.1 Å². The Kier molecular flexibility index (Phi) is 11.9. The number of rotatable bonds is 15. The van der Waals surface area contributed by atoms with Gasteiger partial charge >= 0.3 is 0 Å². The maximum absolute atomic E-state index is 11.1. The highest BCUT2D eigenvalue weighted by atomic mass is 16.5. The summed E-state index contributed by atoms with van der Waals surface area (Å²) in [7, 11) is 0. The molecule has 0 aliphatic heterocycles. The number of aromatic hydroxyl groups is 1. The summed E-state index contributed by atoms with van der Waals surface area (Å²) in [5, 5.41) is 19.8. The summed E-state index contributed by atoms with van der Waals surface area (Å²) in [6.07, 6.45) is 8.74. The smallest absolute Gasteiger partial charge is 0.127 e. The van der Waals surface area contributed by atoms with Crippen LogP contribution in [0, 0.1) is 5.92 Å². The van der Waals surface area contributed by atoms with Crippen molar-refractivity contribution in [3.63, 3.8) is 0 Å². The minimum absolute atomic E-state index is 0.0181. The average Bonchev–Trinajstić information content (AvgIpc) is 2.75. The van der Waals surface area contributed by atoms with Gasteiger partial charge < -0.3 is 24.4 Å². The first-order valence-corrected chi connectivity index (χ1v) is 12.1. The fourth-order valence-electron chi connectivity index (χ4n) is 4.35. The zero-order valence-electron chi connectivity index (χ0n) is 20.2. The van der Waals surface area contributed by atoms with Crippen molar-refractivity contribution in [3.8, 4) is 11.5 Å². The highest BCUT2D eigenvalue weighted by Crippen LogP contribution is 2.47. The molecule has 1 aliphatic rings. The summed E-state index contributed by atoms with van der Waals surface area (Å²) in [6, 6.07) is 4.02. The number of aryl methyl sites for hydroxylation is 1. The molecule has 0 saturated heterocycles. The topological polar surface area (TPSA) is 68.2 Å². The summed E-state index contributed by atoms with van der Waals surface area (Å²) in [6.45, 7) is 12.7. The van der Waals surface area contributed by atoms with Crippen LogP contribution in [0.5, 0.6) is 11.5 Å². The standard InChI is InChI=1S/C27H42O5/c1-5-6-7-8-22-18-25(29)27(24-17-21(4)9-10-23(24)20(2)3)26(19-22)32-16-15-31-14-13-30-12-11-28/h17-19,23-24,28-29H,2,5-16H2,1,3-4H3/t23-,24+/m0/s1. The number of phenols is 1. The lowest BCUT2D eigenvalue weighted by molar-refractivity contribution is 0.0246.